The van der Waals surface area contributed by atoms with E-state index < -0.39 is 0 Å². The predicted molar refractivity (Wildman–Crippen MR) is 68.2 cm³/mol. The fraction of sp³-hybridized carbons (Fsp3) is 0.200. The number of aryl methyl sites for hydroxylation is 1. The van der Waals surface area contributed by atoms with Crippen molar-refractivity contribution >= 4 is 0 Å². The predicted octanol–water partition coefficient (Wildman–Crippen LogP) is 3.43. The molecule has 0 aliphatic heterocycles. The number of hydrogen-bond donors (Lipinski definition) is 1. The van der Waals surface area contributed by atoms with Crippen LogP contribution in [0.5, 0.6) is 0 Å². The van der Waals surface area contributed by atoms with Crippen LogP contribution in [-0.2, 0) is 13.0 Å². The molecule has 0 unspecified atom stereocenters. The third kappa shape index (κ3) is 4.76. The summed E-state index contributed by atoms with van der Waals surface area (Å²) in [5.74, 6) is 0. The Morgan fingerprint density at radius 2 is 1.19 bits per heavy atom. The van der Waals surface area contributed by atoms with E-state index in [-0.39, 0.29) is 6.61 Å². The Morgan fingerprint density at radius 3 is 1.44 bits per heavy atom. The molecule has 16 heavy (non-hydrogen) atoms. The molecule has 2 rings (SSSR count). The van der Waals surface area contributed by atoms with Gasteiger partial charge in [-0.15, -0.1) is 0 Å². The van der Waals surface area contributed by atoms with E-state index >= 15 is 0 Å². The van der Waals surface area contributed by atoms with Crippen LogP contribution in [0, 0.1) is 0 Å². The molecule has 0 bridgehead atoms. The second-order valence-electron chi connectivity index (χ2n) is 3.48. The highest BCUT2D eigenvalue weighted by Gasteiger charge is 1.81. The van der Waals surface area contributed by atoms with E-state index in [9.17, 15) is 0 Å². The maximum absolute atomic E-state index is 8.54. The molecule has 2 aromatic rings. The number of aliphatic hydroxyl groups is 1. The molecular formula is C15H18O. The lowest BCUT2D eigenvalue weighted by atomic mass is 10.2. The van der Waals surface area contributed by atoms with Crippen molar-refractivity contribution in [2.45, 2.75) is 20.0 Å². The summed E-state index contributed by atoms with van der Waals surface area (Å²) < 4.78 is 0. The van der Waals surface area contributed by atoms with E-state index in [0.717, 1.165) is 12.0 Å². The molecule has 0 saturated carbocycles. The van der Waals surface area contributed by atoms with Gasteiger partial charge in [0, 0.05) is 0 Å². The fourth-order valence-electron chi connectivity index (χ4n) is 1.30. The summed E-state index contributed by atoms with van der Waals surface area (Å²) in [7, 11) is 0. The van der Waals surface area contributed by atoms with Gasteiger partial charge in [-0.05, 0) is 17.5 Å². The molecule has 1 N–H and O–H groups in total. The Kier molecular flexibility index (Phi) is 5.97. The van der Waals surface area contributed by atoms with Gasteiger partial charge in [0.2, 0.25) is 0 Å². The minimum atomic E-state index is 0.140. The van der Waals surface area contributed by atoms with Gasteiger partial charge in [0.15, 0.2) is 0 Å². The van der Waals surface area contributed by atoms with Crippen LogP contribution in [0.15, 0.2) is 60.7 Å². The van der Waals surface area contributed by atoms with Gasteiger partial charge in [-0.1, -0.05) is 67.6 Å². The Balaban J connectivity index is 0.000000160. The van der Waals surface area contributed by atoms with Crippen LogP contribution in [0.2, 0.25) is 0 Å². The molecule has 0 aromatic heterocycles. The Morgan fingerprint density at radius 1 is 0.750 bits per heavy atom. The molecule has 0 aliphatic rings. The lowest BCUT2D eigenvalue weighted by Crippen LogP contribution is -1.77. The number of hydrogen-bond acceptors (Lipinski definition) is 1. The van der Waals surface area contributed by atoms with Gasteiger partial charge >= 0.3 is 0 Å². The van der Waals surface area contributed by atoms with E-state index in [4.69, 9.17) is 5.11 Å². The molecule has 1 heteroatoms. The van der Waals surface area contributed by atoms with Crippen LogP contribution in [0.4, 0.5) is 0 Å². The van der Waals surface area contributed by atoms with Gasteiger partial charge in [0.1, 0.15) is 0 Å². The van der Waals surface area contributed by atoms with Crippen LogP contribution in [-0.4, -0.2) is 5.11 Å². The second-order valence-corrected chi connectivity index (χ2v) is 3.48. The SMILES string of the molecule is CCc1ccccc1.OCc1ccccc1. The van der Waals surface area contributed by atoms with Crippen molar-refractivity contribution in [3.63, 3.8) is 0 Å². The molecule has 1 nitrogen and oxygen atoms in total. The highest BCUT2D eigenvalue weighted by atomic mass is 16.3. The first-order chi connectivity index (χ1) is 7.86. The van der Waals surface area contributed by atoms with Gasteiger partial charge < -0.3 is 5.11 Å². The third-order valence-corrected chi connectivity index (χ3v) is 2.28. The summed E-state index contributed by atoms with van der Waals surface area (Å²) in [6.45, 7) is 2.30. The zero-order valence-electron chi connectivity index (χ0n) is 9.63. The molecule has 0 fully saturated rings. The first-order valence-corrected chi connectivity index (χ1v) is 5.55. The van der Waals surface area contributed by atoms with Gasteiger partial charge in [-0.2, -0.15) is 0 Å². The van der Waals surface area contributed by atoms with E-state index in [1.807, 2.05) is 36.4 Å². The molecule has 0 radical (unpaired) electrons. The van der Waals surface area contributed by atoms with E-state index in [0.29, 0.717) is 0 Å². The van der Waals surface area contributed by atoms with E-state index in [1.165, 1.54) is 5.56 Å². The molecule has 0 saturated heterocycles. The summed E-state index contributed by atoms with van der Waals surface area (Å²) in [5.41, 5.74) is 2.38. The van der Waals surface area contributed by atoms with Crippen LogP contribution in [0.25, 0.3) is 0 Å². The van der Waals surface area contributed by atoms with Crippen LogP contribution < -0.4 is 0 Å². The van der Waals surface area contributed by atoms with Crippen molar-refractivity contribution in [3.8, 4) is 0 Å². The van der Waals surface area contributed by atoms with E-state index in [2.05, 4.69) is 31.2 Å². The quantitative estimate of drug-likeness (QED) is 0.812. The highest BCUT2D eigenvalue weighted by Crippen LogP contribution is 1.97. The summed E-state index contributed by atoms with van der Waals surface area (Å²) >= 11 is 0. The summed E-state index contributed by atoms with van der Waals surface area (Å²) in [4.78, 5) is 0. The Labute approximate surface area is 97.4 Å². The average Bonchev–Trinajstić information content (AvgIpc) is 2.41. The standard InChI is InChI=1S/C8H10.C7H8O/c1-2-8-6-4-3-5-7-8;8-6-7-4-2-1-3-5-7/h3-7H,2H2,1H3;1-5,8H,6H2. The van der Waals surface area contributed by atoms with Crippen LogP contribution in [0.1, 0.15) is 18.1 Å². The second kappa shape index (κ2) is 7.66. The first kappa shape index (κ1) is 12.5. The van der Waals surface area contributed by atoms with Crippen molar-refractivity contribution in [1.82, 2.24) is 0 Å². The molecule has 0 amide bonds. The molecule has 2 aromatic carbocycles. The summed E-state index contributed by atoms with van der Waals surface area (Å²) in [6.07, 6.45) is 1.14. The lowest BCUT2D eigenvalue weighted by molar-refractivity contribution is 0.282. The normalized spacial score (nSPS) is 9.12. The van der Waals surface area contributed by atoms with Gasteiger partial charge in [-0.25, -0.2) is 0 Å². The Hall–Kier alpha value is -1.60. The van der Waals surface area contributed by atoms with Crippen molar-refractivity contribution in [2.75, 3.05) is 0 Å². The maximum Gasteiger partial charge on any atom is 0.0681 e. The molecular weight excluding hydrogens is 196 g/mol. The monoisotopic (exact) mass is 214 g/mol. The third-order valence-electron chi connectivity index (χ3n) is 2.28. The minimum absolute atomic E-state index is 0.140. The fourth-order valence-corrected chi connectivity index (χ4v) is 1.30. The lowest BCUT2D eigenvalue weighted by Gasteiger charge is -1.89. The zero-order valence-corrected chi connectivity index (χ0v) is 9.63. The van der Waals surface area contributed by atoms with E-state index in [1.54, 1.807) is 0 Å². The van der Waals surface area contributed by atoms with Crippen molar-refractivity contribution in [3.05, 3.63) is 71.8 Å². The average molecular weight is 214 g/mol. The van der Waals surface area contributed by atoms with Crippen LogP contribution in [0.3, 0.4) is 0 Å². The molecule has 0 spiro atoms. The summed E-state index contributed by atoms with van der Waals surface area (Å²) in [5, 5.41) is 8.54. The molecule has 0 atom stereocenters. The summed E-state index contributed by atoms with van der Waals surface area (Å²) in [6, 6.07) is 20.0. The largest absolute Gasteiger partial charge is 0.392 e. The van der Waals surface area contributed by atoms with Gasteiger partial charge in [0.05, 0.1) is 6.61 Å². The number of aliphatic hydroxyl groups excluding tert-OH is 1. The Bertz CT molecular complexity index is 328. The highest BCUT2D eigenvalue weighted by molar-refractivity contribution is 5.14. The zero-order chi connectivity index (χ0) is 11.6. The number of rotatable bonds is 2. The first-order valence-electron chi connectivity index (χ1n) is 5.55. The smallest absolute Gasteiger partial charge is 0.0681 e. The van der Waals surface area contributed by atoms with Crippen LogP contribution >= 0.6 is 0 Å². The maximum atomic E-state index is 8.54. The molecule has 84 valence electrons. The van der Waals surface area contributed by atoms with Crippen molar-refractivity contribution in [1.29, 1.82) is 0 Å². The minimum Gasteiger partial charge on any atom is -0.392 e. The topological polar surface area (TPSA) is 20.2 Å². The molecule has 0 aliphatic carbocycles. The van der Waals surface area contributed by atoms with Crippen molar-refractivity contribution in [2.24, 2.45) is 0 Å². The molecule has 0 heterocycles. The van der Waals surface area contributed by atoms with Gasteiger partial charge in [-0.3, -0.25) is 0 Å². The van der Waals surface area contributed by atoms with Crippen molar-refractivity contribution < 1.29 is 5.11 Å². The van der Waals surface area contributed by atoms with Gasteiger partial charge in [0.25, 0.3) is 0 Å². The number of benzene rings is 2.